The lowest BCUT2D eigenvalue weighted by atomic mass is 10.1. The zero-order valence-corrected chi connectivity index (χ0v) is 19.2. The molecule has 0 bridgehead atoms. The van der Waals surface area contributed by atoms with Crippen molar-refractivity contribution in [2.45, 2.75) is 73.5 Å². The largest absolute Gasteiger partial charge is 0.487 e. The zero-order valence-electron chi connectivity index (χ0n) is 19.2. The van der Waals surface area contributed by atoms with Crippen LogP contribution in [0.25, 0.3) is 11.0 Å². The molecule has 0 saturated carbocycles. The molecular formula is C25H34O5. The van der Waals surface area contributed by atoms with E-state index >= 15 is 0 Å². The van der Waals surface area contributed by atoms with Crippen molar-refractivity contribution in [3.8, 4) is 17.2 Å². The SMILES string of the molecule is CC(C)=CCC/C(C)=C/COc1c(OC(C)C)c(=O)oc2c(OC(C)C)cccc12. The normalized spacial score (nSPS) is 11.8. The lowest BCUT2D eigenvalue weighted by Crippen LogP contribution is -2.16. The second kappa shape index (κ2) is 10.9. The predicted molar refractivity (Wildman–Crippen MR) is 122 cm³/mol. The summed E-state index contributed by atoms with van der Waals surface area (Å²) in [6, 6.07) is 5.48. The number of para-hydroxylation sites is 1. The Morgan fingerprint density at radius 1 is 1.00 bits per heavy atom. The van der Waals surface area contributed by atoms with Crippen molar-refractivity contribution in [3.63, 3.8) is 0 Å². The monoisotopic (exact) mass is 414 g/mol. The van der Waals surface area contributed by atoms with Crippen LogP contribution in [0.4, 0.5) is 0 Å². The summed E-state index contributed by atoms with van der Waals surface area (Å²) in [5.41, 5.74) is 2.34. The van der Waals surface area contributed by atoms with Gasteiger partial charge in [-0.25, -0.2) is 4.79 Å². The molecule has 164 valence electrons. The molecule has 2 rings (SSSR count). The maximum absolute atomic E-state index is 12.7. The molecule has 1 heterocycles. The highest BCUT2D eigenvalue weighted by Crippen LogP contribution is 2.37. The van der Waals surface area contributed by atoms with Gasteiger partial charge in [0, 0.05) is 0 Å². The topological polar surface area (TPSA) is 57.9 Å². The number of ether oxygens (including phenoxy) is 3. The van der Waals surface area contributed by atoms with Crippen LogP contribution in [0, 0.1) is 0 Å². The fourth-order valence-corrected chi connectivity index (χ4v) is 2.94. The molecule has 0 fully saturated rings. The maximum atomic E-state index is 12.7. The van der Waals surface area contributed by atoms with Crippen LogP contribution in [0.1, 0.15) is 61.3 Å². The Kier molecular flexibility index (Phi) is 8.58. The number of hydrogen-bond acceptors (Lipinski definition) is 5. The van der Waals surface area contributed by atoms with Crippen molar-refractivity contribution in [3.05, 3.63) is 51.9 Å². The number of allylic oxidation sites excluding steroid dienone is 3. The molecule has 0 amide bonds. The van der Waals surface area contributed by atoms with E-state index in [1.807, 2.05) is 45.9 Å². The van der Waals surface area contributed by atoms with Gasteiger partial charge in [0.2, 0.25) is 5.75 Å². The second-order valence-electron chi connectivity index (χ2n) is 8.20. The molecule has 0 saturated heterocycles. The molecule has 0 aliphatic carbocycles. The molecule has 2 aromatic rings. The Balaban J connectivity index is 2.39. The first-order valence-corrected chi connectivity index (χ1v) is 10.5. The summed E-state index contributed by atoms with van der Waals surface area (Å²) < 4.78 is 23.2. The van der Waals surface area contributed by atoms with E-state index in [-0.39, 0.29) is 18.0 Å². The van der Waals surface area contributed by atoms with E-state index in [2.05, 4.69) is 26.8 Å². The average molecular weight is 415 g/mol. The average Bonchev–Trinajstić information content (AvgIpc) is 2.63. The maximum Gasteiger partial charge on any atom is 0.383 e. The van der Waals surface area contributed by atoms with Crippen LogP contribution in [0.15, 0.2) is 50.7 Å². The molecule has 0 unspecified atom stereocenters. The van der Waals surface area contributed by atoms with Crippen molar-refractivity contribution in [2.24, 2.45) is 0 Å². The Labute approximate surface area is 179 Å². The van der Waals surface area contributed by atoms with Crippen molar-refractivity contribution in [2.75, 3.05) is 6.61 Å². The molecule has 5 nitrogen and oxygen atoms in total. The molecule has 0 atom stereocenters. The Morgan fingerprint density at radius 2 is 1.70 bits per heavy atom. The summed E-state index contributed by atoms with van der Waals surface area (Å²) in [5.74, 6) is 0.987. The van der Waals surface area contributed by atoms with Gasteiger partial charge in [0.25, 0.3) is 0 Å². The van der Waals surface area contributed by atoms with Crippen LogP contribution in [-0.2, 0) is 0 Å². The van der Waals surface area contributed by atoms with E-state index in [1.54, 1.807) is 6.07 Å². The summed E-state index contributed by atoms with van der Waals surface area (Å²) in [6.45, 7) is 14.2. The molecule has 5 heteroatoms. The Morgan fingerprint density at radius 3 is 2.33 bits per heavy atom. The molecule has 1 aromatic carbocycles. The number of benzene rings is 1. The van der Waals surface area contributed by atoms with Gasteiger partial charge in [0.05, 0.1) is 17.6 Å². The van der Waals surface area contributed by atoms with Crippen LogP contribution in [-0.4, -0.2) is 18.8 Å². The third kappa shape index (κ3) is 6.68. The van der Waals surface area contributed by atoms with Crippen molar-refractivity contribution in [1.82, 2.24) is 0 Å². The summed E-state index contributed by atoms with van der Waals surface area (Å²) in [4.78, 5) is 12.7. The Hall–Kier alpha value is -2.69. The summed E-state index contributed by atoms with van der Waals surface area (Å²) >= 11 is 0. The molecular weight excluding hydrogens is 380 g/mol. The molecule has 1 aromatic heterocycles. The molecule has 0 spiro atoms. The van der Waals surface area contributed by atoms with E-state index in [0.29, 0.717) is 29.1 Å². The van der Waals surface area contributed by atoms with E-state index < -0.39 is 5.63 Å². The standard InChI is InChI=1S/C25H34O5/c1-16(2)10-8-11-19(7)14-15-27-23-20-12-9-13-21(28-17(3)4)22(20)30-25(26)24(23)29-18(5)6/h9-10,12-14,17-18H,8,11,15H2,1-7H3/b19-14+. The first-order valence-electron chi connectivity index (χ1n) is 10.5. The van der Waals surface area contributed by atoms with E-state index in [1.165, 1.54) is 11.1 Å². The molecule has 0 N–H and O–H groups in total. The number of rotatable bonds is 10. The third-order valence-corrected chi connectivity index (χ3v) is 4.28. The molecule has 0 radical (unpaired) electrons. The smallest absolute Gasteiger partial charge is 0.383 e. The third-order valence-electron chi connectivity index (χ3n) is 4.28. The highest BCUT2D eigenvalue weighted by molar-refractivity contribution is 5.89. The van der Waals surface area contributed by atoms with Crippen LogP contribution in [0.3, 0.4) is 0 Å². The quantitative estimate of drug-likeness (QED) is 0.331. The lowest BCUT2D eigenvalue weighted by molar-refractivity contribution is 0.214. The first-order chi connectivity index (χ1) is 14.2. The van der Waals surface area contributed by atoms with Gasteiger partial charge in [-0.2, -0.15) is 0 Å². The number of hydrogen-bond donors (Lipinski definition) is 0. The summed E-state index contributed by atoms with van der Waals surface area (Å²) in [6.07, 6.45) is 5.98. The van der Waals surface area contributed by atoms with E-state index in [0.717, 1.165) is 12.8 Å². The van der Waals surface area contributed by atoms with Gasteiger partial charge >= 0.3 is 5.63 Å². The molecule has 0 aliphatic rings. The Bertz CT molecular complexity index is 959. The minimum atomic E-state index is -0.574. The number of fused-ring (bicyclic) bond motifs is 1. The van der Waals surface area contributed by atoms with Crippen LogP contribution in [0.2, 0.25) is 0 Å². The van der Waals surface area contributed by atoms with Crippen molar-refractivity contribution >= 4 is 11.0 Å². The second-order valence-corrected chi connectivity index (χ2v) is 8.20. The van der Waals surface area contributed by atoms with Gasteiger partial charge < -0.3 is 18.6 Å². The molecule has 0 aliphatic heterocycles. The highest BCUT2D eigenvalue weighted by Gasteiger charge is 2.21. The van der Waals surface area contributed by atoms with Crippen LogP contribution >= 0.6 is 0 Å². The fraction of sp³-hybridized carbons (Fsp3) is 0.480. The van der Waals surface area contributed by atoms with Gasteiger partial charge in [-0.3, -0.25) is 0 Å². The van der Waals surface area contributed by atoms with Gasteiger partial charge in [-0.1, -0.05) is 23.3 Å². The van der Waals surface area contributed by atoms with Gasteiger partial charge in [-0.15, -0.1) is 0 Å². The van der Waals surface area contributed by atoms with Crippen molar-refractivity contribution in [1.29, 1.82) is 0 Å². The zero-order chi connectivity index (χ0) is 22.3. The van der Waals surface area contributed by atoms with E-state index in [4.69, 9.17) is 18.6 Å². The van der Waals surface area contributed by atoms with Crippen molar-refractivity contribution < 1.29 is 18.6 Å². The van der Waals surface area contributed by atoms with Gasteiger partial charge in [-0.05, 0) is 79.5 Å². The predicted octanol–water partition coefficient (Wildman–Crippen LogP) is 6.44. The lowest BCUT2D eigenvalue weighted by Gasteiger charge is -2.17. The van der Waals surface area contributed by atoms with Gasteiger partial charge in [0.1, 0.15) is 6.61 Å². The van der Waals surface area contributed by atoms with Crippen LogP contribution < -0.4 is 19.8 Å². The van der Waals surface area contributed by atoms with Crippen LogP contribution in [0.5, 0.6) is 17.2 Å². The van der Waals surface area contributed by atoms with Gasteiger partial charge in [0.15, 0.2) is 17.1 Å². The highest BCUT2D eigenvalue weighted by atomic mass is 16.5. The summed E-state index contributed by atoms with van der Waals surface area (Å²) in [7, 11) is 0. The summed E-state index contributed by atoms with van der Waals surface area (Å²) in [5, 5.41) is 0.652. The molecule has 30 heavy (non-hydrogen) atoms. The minimum Gasteiger partial charge on any atom is -0.487 e. The minimum absolute atomic E-state index is 0.0525. The fourth-order valence-electron chi connectivity index (χ4n) is 2.94. The first kappa shape index (κ1) is 23.6. The van der Waals surface area contributed by atoms with E-state index in [9.17, 15) is 4.79 Å².